The third-order valence-corrected chi connectivity index (χ3v) is 13.1. The van der Waals surface area contributed by atoms with Crippen molar-refractivity contribution >= 4 is 43.7 Å². The molecule has 0 aliphatic rings. The van der Waals surface area contributed by atoms with E-state index in [4.69, 9.17) is 19.4 Å². The molecule has 0 spiro atoms. The van der Waals surface area contributed by atoms with Crippen LogP contribution in [0, 0.1) is 0 Å². The van der Waals surface area contributed by atoms with Crippen LogP contribution in [-0.2, 0) is 0 Å². The van der Waals surface area contributed by atoms with Crippen LogP contribution in [-0.4, -0.2) is 19.5 Å². The highest BCUT2D eigenvalue weighted by atomic mass is 16.3. The molecule has 0 unspecified atom stereocenters. The van der Waals surface area contributed by atoms with Crippen molar-refractivity contribution in [3.63, 3.8) is 0 Å². The first kappa shape index (κ1) is 39.2. The van der Waals surface area contributed by atoms with E-state index in [0.29, 0.717) is 17.5 Å². The number of aromatic nitrogens is 4. The van der Waals surface area contributed by atoms with Gasteiger partial charge in [0, 0.05) is 38.5 Å². The van der Waals surface area contributed by atoms with Crippen molar-refractivity contribution in [1.29, 1.82) is 0 Å². The van der Waals surface area contributed by atoms with Gasteiger partial charge in [-0.25, -0.2) is 15.0 Å². The molecule has 318 valence electrons. The number of benzene rings is 10. The molecule has 0 saturated carbocycles. The van der Waals surface area contributed by atoms with Crippen LogP contribution in [0.25, 0.3) is 128 Å². The third kappa shape index (κ3) is 6.68. The van der Waals surface area contributed by atoms with Crippen LogP contribution >= 0.6 is 0 Å². The van der Waals surface area contributed by atoms with E-state index in [9.17, 15) is 0 Å². The van der Waals surface area contributed by atoms with Crippen molar-refractivity contribution in [2.75, 3.05) is 0 Å². The van der Waals surface area contributed by atoms with Gasteiger partial charge in [0.2, 0.25) is 0 Å². The molecule has 0 fully saturated rings. The van der Waals surface area contributed by atoms with Gasteiger partial charge in [-0.15, -0.1) is 0 Å². The Hall–Kier alpha value is -9.19. The second-order valence-electron chi connectivity index (χ2n) is 17.1. The number of hydrogen-bond donors (Lipinski definition) is 0. The van der Waals surface area contributed by atoms with Gasteiger partial charge in [0.05, 0.1) is 16.4 Å². The van der Waals surface area contributed by atoms with Crippen LogP contribution in [0.2, 0.25) is 0 Å². The van der Waals surface area contributed by atoms with Crippen LogP contribution < -0.4 is 0 Å². The highest BCUT2D eigenvalue weighted by molar-refractivity contribution is 6.27. The largest absolute Gasteiger partial charge is 0.456 e. The molecule has 0 bridgehead atoms. The van der Waals surface area contributed by atoms with Crippen LogP contribution in [0.1, 0.15) is 0 Å². The molecule has 0 aliphatic carbocycles. The van der Waals surface area contributed by atoms with Gasteiger partial charge >= 0.3 is 0 Å². The number of para-hydroxylation sites is 2. The van der Waals surface area contributed by atoms with E-state index < -0.39 is 0 Å². The Morgan fingerprint density at radius 1 is 0.294 bits per heavy atom. The molecule has 68 heavy (non-hydrogen) atoms. The first-order chi connectivity index (χ1) is 33.7. The smallest absolute Gasteiger partial charge is 0.164 e. The summed E-state index contributed by atoms with van der Waals surface area (Å²) >= 11 is 0. The minimum atomic E-state index is 0.573. The van der Waals surface area contributed by atoms with Gasteiger partial charge in [-0.2, -0.15) is 0 Å². The third-order valence-electron chi connectivity index (χ3n) is 13.1. The van der Waals surface area contributed by atoms with E-state index >= 15 is 0 Å². The van der Waals surface area contributed by atoms with Gasteiger partial charge in [0.25, 0.3) is 0 Å². The average molecular weight is 869 g/mol. The number of hydrogen-bond acceptors (Lipinski definition) is 4. The molecule has 0 saturated heterocycles. The Balaban J connectivity index is 1.14. The molecule has 0 radical (unpaired) electrons. The summed E-state index contributed by atoms with van der Waals surface area (Å²) in [5.74, 6) is 1.77. The topological polar surface area (TPSA) is 56.7 Å². The number of furan rings is 1. The van der Waals surface area contributed by atoms with Crippen molar-refractivity contribution in [1.82, 2.24) is 19.5 Å². The van der Waals surface area contributed by atoms with E-state index in [-0.39, 0.29) is 0 Å². The fourth-order valence-corrected chi connectivity index (χ4v) is 9.95. The number of nitrogens with zero attached hydrogens (tertiary/aromatic N) is 4. The average Bonchev–Trinajstić information content (AvgIpc) is 3.98. The second kappa shape index (κ2) is 16.4. The highest BCUT2D eigenvalue weighted by Crippen LogP contribution is 2.47. The zero-order valence-electron chi connectivity index (χ0n) is 36.8. The molecule has 5 heteroatoms. The lowest BCUT2D eigenvalue weighted by Gasteiger charge is -2.17. The Bertz CT molecular complexity index is 3940. The van der Waals surface area contributed by atoms with Crippen LogP contribution in [0.4, 0.5) is 0 Å². The Labute approximate surface area is 392 Å². The zero-order chi connectivity index (χ0) is 45.0. The first-order valence-electron chi connectivity index (χ1n) is 22.9. The van der Waals surface area contributed by atoms with E-state index in [0.717, 1.165) is 105 Å². The van der Waals surface area contributed by atoms with Crippen molar-refractivity contribution in [2.45, 2.75) is 0 Å². The number of fused-ring (bicyclic) bond motifs is 7. The van der Waals surface area contributed by atoms with Gasteiger partial charge in [-0.05, 0) is 93.0 Å². The summed E-state index contributed by atoms with van der Waals surface area (Å²) in [5, 5.41) is 4.42. The lowest BCUT2D eigenvalue weighted by Crippen LogP contribution is -2.01. The molecule has 0 aliphatic heterocycles. The summed E-state index contributed by atoms with van der Waals surface area (Å²) in [7, 11) is 0. The maximum absolute atomic E-state index is 6.87. The van der Waals surface area contributed by atoms with Gasteiger partial charge in [-0.3, -0.25) is 0 Å². The molecule has 3 aromatic heterocycles. The summed E-state index contributed by atoms with van der Waals surface area (Å²) in [6.45, 7) is 0. The lowest BCUT2D eigenvalue weighted by molar-refractivity contribution is 0.669. The fraction of sp³-hybridized carbons (Fsp3) is 0. The van der Waals surface area contributed by atoms with Gasteiger partial charge < -0.3 is 8.98 Å². The lowest BCUT2D eigenvalue weighted by atomic mass is 9.88. The highest BCUT2D eigenvalue weighted by Gasteiger charge is 2.24. The molecule has 13 rings (SSSR count). The van der Waals surface area contributed by atoms with E-state index in [1.165, 1.54) is 5.39 Å². The molecular formula is C63H40N4O. The monoisotopic (exact) mass is 868 g/mol. The van der Waals surface area contributed by atoms with Crippen molar-refractivity contribution in [2.24, 2.45) is 0 Å². The molecule has 10 aromatic carbocycles. The first-order valence-corrected chi connectivity index (χ1v) is 22.9. The predicted octanol–water partition coefficient (Wildman–Crippen LogP) is 16.5. The fourth-order valence-electron chi connectivity index (χ4n) is 9.95. The van der Waals surface area contributed by atoms with Crippen molar-refractivity contribution < 1.29 is 4.42 Å². The minimum Gasteiger partial charge on any atom is -0.456 e. The summed E-state index contributed by atoms with van der Waals surface area (Å²) in [6.07, 6.45) is 0. The summed E-state index contributed by atoms with van der Waals surface area (Å²) < 4.78 is 9.25. The van der Waals surface area contributed by atoms with Crippen LogP contribution in [0.5, 0.6) is 0 Å². The quantitative estimate of drug-likeness (QED) is 0.153. The number of rotatable bonds is 8. The Morgan fingerprint density at radius 2 is 0.838 bits per heavy atom. The minimum absolute atomic E-state index is 0.573. The van der Waals surface area contributed by atoms with E-state index in [1.54, 1.807) is 0 Å². The molecule has 0 atom stereocenters. The molecule has 0 N–H and O–H groups in total. The normalized spacial score (nSPS) is 11.5. The van der Waals surface area contributed by atoms with Crippen LogP contribution in [0.3, 0.4) is 0 Å². The Kier molecular flexibility index (Phi) is 9.43. The predicted molar refractivity (Wildman–Crippen MR) is 279 cm³/mol. The van der Waals surface area contributed by atoms with Crippen LogP contribution in [0.15, 0.2) is 247 Å². The molecule has 13 aromatic rings. The zero-order valence-corrected chi connectivity index (χ0v) is 36.8. The van der Waals surface area contributed by atoms with Gasteiger partial charge in [0.1, 0.15) is 11.2 Å². The second-order valence-corrected chi connectivity index (χ2v) is 17.1. The van der Waals surface area contributed by atoms with Gasteiger partial charge in [-0.1, -0.05) is 194 Å². The summed E-state index contributed by atoms with van der Waals surface area (Å²) in [6, 6.07) is 85.2. The van der Waals surface area contributed by atoms with E-state index in [1.807, 2.05) is 36.4 Å². The summed E-state index contributed by atoms with van der Waals surface area (Å²) in [4.78, 5) is 15.9. The molecule has 5 nitrogen and oxygen atoms in total. The Morgan fingerprint density at radius 3 is 1.53 bits per heavy atom. The molecule has 3 heterocycles. The SMILES string of the molecule is c1ccc(-c2ccc(-c3ccccc3)c(-c3ccc(-c4cccc5oc6ccc7c8ccccc8n(-c8ccccc8)c7c6c45)c(-c4nc(-c5ccccc5)nc(-c5ccccc5)n4)c3)c2)cc1. The van der Waals surface area contributed by atoms with Crippen molar-refractivity contribution in [3.05, 3.63) is 243 Å². The summed E-state index contributed by atoms with van der Waals surface area (Å²) in [5.41, 5.74) is 16.3. The van der Waals surface area contributed by atoms with Gasteiger partial charge in [0.15, 0.2) is 17.5 Å². The molecular weight excluding hydrogens is 829 g/mol. The maximum Gasteiger partial charge on any atom is 0.164 e. The van der Waals surface area contributed by atoms with Crippen molar-refractivity contribution in [3.8, 4) is 84.4 Å². The maximum atomic E-state index is 6.87. The van der Waals surface area contributed by atoms with E-state index in [2.05, 4.69) is 211 Å². The molecule has 0 amide bonds. The standard InChI is InChI=1S/C63H40N4O/c1-6-19-41(20-7-1)45-33-35-48(42-21-8-2-9-22-42)53(39-45)46-34-36-49(54(40-46)63-65-61(43-23-10-3-11-24-43)64-62(66-63)44-25-12-4-13-26-44)51-30-18-32-56-58(51)59-57(68-56)38-37-52-50-29-16-17-31-55(50)67(60(52)59)47-27-14-5-15-28-47/h1-40H.